The third-order valence-electron chi connectivity index (χ3n) is 2.83. The summed E-state index contributed by atoms with van der Waals surface area (Å²) in [5, 5.41) is 5.54. The standard InChI is InChI=1S/C14H16BrNS/c1-16-13(10-14-3-2-8-17-14)9-11-4-6-12(15)7-5-11/h2-8,13,16H,9-10H2,1H3. The lowest BCUT2D eigenvalue weighted by atomic mass is 10.0. The second-order valence-corrected chi connectivity index (χ2v) is 6.05. The van der Waals surface area contributed by atoms with Crippen LogP contribution in [0.2, 0.25) is 0 Å². The monoisotopic (exact) mass is 309 g/mol. The summed E-state index contributed by atoms with van der Waals surface area (Å²) in [4.78, 5) is 1.45. The molecule has 0 saturated heterocycles. The third-order valence-corrected chi connectivity index (χ3v) is 4.26. The SMILES string of the molecule is CNC(Cc1ccc(Br)cc1)Cc1cccs1. The number of benzene rings is 1. The van der Waals surface area contributed by atoms with Gasteiger partial charge < -0.3 is 5.32 Å². The topological polar surface area (TPSA) is 12.0 Å². The highest BCUT2D eigenvalue weighted by Crippen LogP contribution is 2.15. The normalized spacial score (nSPS) is 12.6. The van der Waals surface area contributed by atoms with Gasteiger partial charge in [-0.05, 0) is 49.0 Å². The minimum absolute atomic E-state index is 0.509. The minimum Gasteiger partial charge on any atom is -0.316 e. The van der Waals surface area contributed by atoms with Gasteiger partial charge in [0.2, 0.25) is 0 Å². The fourth-order valence-corrected chi connectivity index (χ4v) is 2.90. The summed E-state index contributed by atoms with van der Waals surface area (Å²) in [6.07, 6.45) is 2.17. The first-order chi connectivity index (χ1) is 8.28. The summed E-state index contributed by atoms with van der Waals surface area (Å²) >= 11 is 5.30. The van der Waals surface area contributed by atoms with Crippen LogP contribution < -0.4 is 5.32 Å². The molecule has 1 heterocycles. The van der Waals surface area contributed by atoms with Crippen LogP contribution in [-0.2, 0) is 12.8 Å². The van der Waals surface area contributed by atoms with Gasteiger partial charge in [-0.3, -0.25) is 0 Å². The predicted molar refractivity (Wildman–Crippen MR) is 78.7 cm³/mol. The molecule has 0 amide bonds. The third kappa shape index (κ3) is 3.95. The van der Waals surface area contributed by atoms with Crippen molar-refractivity contribution in [1.29, 1.82) is 0 Å². The van der Waals surface area contributed by atoms with E-state index in [1.807, 2.05) is 18.4 Å². The molecule has 2 aromatic rings. The van der Waals surface area contributed by atoms with Crippen LogP contribution in [0, 0.1) is 0 Å². The van der Waals surface area contributed by atoms with E-state index in [9.17, 15) is 0 Å². The number of hydrogen-bond acceptors (Lipinski definition) is 2. The zero-order chi connectivity index (χ0) is 12.1. The number of rotatable bonds is 5. The molecule has 1 nitrogen and oxygen atoms in total. The van der Waals surface area contributed by atoms with E-state index >= 15 is 0 Å². The van der Waals surface area contributed by atoms with Crippen LogP contribution in [0.1, 0.15) is 10.4 Å². The van der Waals surface area contributed by atoms with Crippen LogP contribution in [0.25, 0.3) is 0 Å². The quantitative estimate of drug-likeness (QED) is 0.883. The molecule has 17 heavy (non-hydrogen) atoms. The second kappa shape index (κ2) is 6.34. The largest absolute Gasteiger partial charge is 0.316 e. The molecule has 1 aromatic heterocycles. The van der Waals surface area contributed by atoms with Crippen molar-refractivity contribution < 1.29 is 0 Å². The average Bonchev–Trinajstić information content (AvgIpc) is 2.84. The Morgan fingerprint density at radius 3 is 2.53 bits per heavy atom. The van der Waals surface area contributed by atoms with Gasteiger partial charge in [-0.1, -0.05) is 34.1 Å². The Labute approximate surface area is 115 Å². The molecule has 0 radical (unpaired) electrons. The van der Waals surface area contributed by atoms with E-state index in [0.29, 0.717) is 6.04 Å². The average molecular weight is 310 g/mol. The maximum atomic E-state index is 3.46. The molecular weight excluding hydrogens is 294 g/mol. The summed E-state index contributed by atoms with van der Waals surface area (Å²) in [5.74, 6) is 0. The molecule has 0 fully saturated rings. The lowest BCUT2D eigenvalue weighted by Gasteiger charge is -2.15. The molecule has 90 valence electrons. The van der Waals surface area contributed by atoms with Crippen LogP contribution in [0.5, 0.6) is 0 Å². The summed E-state index contributed by atoms with van der Waals surface area (Å²) < 4.78 is 1.14. The summed E-state index contributed by atoms with van der Waals surface area (Å²) in [7, 11) is 2.04. The van der Waals surface area contributed by atoms with E-state index in [0.717, 1.165) is 17.3 Å². The fourth-order valence-electron chi connectivity index (χ4n) is 1.85. The summed E-state index contributed by atoms with van der Waals surface area (Å²) in [6.45, 7) is 0. The number of hydrogen-bond donors (Lipinski definition) is 1. The Morgan fingerprint density at radius 1 is 1.18 bits per heavy atom. The Kier molecular flexibility index (Phi) is 4.77. The highest BCUT2D eigenvalue weighted by atomic mass is 79.9. The lowest BCUT2D eigenvalue weighted by molar-refractivity contribution is 0.560. The van der Waals surface area contributed by atoms with Gasteiger partial charge in [0.25, 0.3) is 0 Å². The Hall–Kier alpha value is -0.640. The molecular formula is C14H16BrNS. The minimum atomic E-state index is 0.509. The van der Waals surface area contributed by atoms with Gasteiger partial charge in [-0.15, -0.1) is 11.3 Å². The zero-order valence-electron chi connectivity index (χ0n) is 9.82. The molecule has 0 aliphatic rings. The number of nitrogens with one attached hydrogen (secondary N) is 1. The first-order valence-corrected chi connectivity index (χ1v) is 7.39. The Balaban J connectivity index is 1.97. The fraction of sp³-hybridized carbons (Fsp3) is 0.286. The van der Waals surface area contributed by atoms with Gasteiger partial charge in [0.05, 0.1) is 0 Å². The van der Waals surface area contributed by atoms with E-state index in [1.54, 1.807) is 0 Å². The van der Waals surface area contributed by atoms with Crippen molar-refractivity contribution in [2.75, 3.05) is 7.05 Å². The van der Waals surface area contributed by atoms with Gasteiger partial charge in [-0.2, -0.15) is 0 Å². The first-order valence-electron chi connectivity index (χ1n) is 5.72. The van der Waals surface area contributed by atoms with E-state index in [2.05, 4.69) is 63.0 Å². The zero-order valence-corrected chi connectivity index (χ0v) is 12.2. The van der Waals surface area contributed by atoms with E-state index in [4.69, 9.17) is 0 Å². The van der Waals surface area contributed by atoms with Gasteiger partial charge in [0.15, 0.2) is 0 Å². The highest BCUT2D eigenvalue weighted by Gasteiger charge is 2.08. The van der Waals surface area contributed by atoms with Crippen molar-refractivity contribution in [3.63, 3.8) is 0 Å². The molecule has 3 heteroatoms. The maximum absolute atomic E-state index is 3.46. The highest BCUT2D eigenvalue weighted by molar-refractivity contribution is 9.10. The van der Waals surface area contributed by atoms with Gasteiger partial charge in [0.1, 0.15) is 0 Å². The molecule has 0 bridgehead atoms. The molecule has 1 N–H and O–H groups in total. The second-order valence-electron chi connectivity index (χ2n) is 4.10. The number of thiophene rings is 1. The Bertz CT molecular complexity index is 436. The van der Waals surface area contributed by atoms with E-state index in [-0.39, 0.29) is 0 Å². The molecule has 1 unspecified atom stereocenters. The molecule has 0 saturated carbocycles. The summed E-state index contributed by atoms with van der Waals surface area (Å²) in [6, 6.07) is 13.4. The first kappa shape index (κ1) is 12.8. The smallest absolute Gasteiger partial charge is 0.0175 e. The van der Waals surface area contributed by atoms with E-state index in [1.165, 1.54) is 10.4 Å². The molecule has 0 spiro atoms. The van der Waals surface area contributed by atoms with E-state index < -0.39 is 0 Å². The van der Waals surface area contributed by atoms with Crippen molar-refractivity contribution in [1.82, 2.24) is 5.32 Å². The van der Waals surface area contributed by atoms with Gasteiger partial charge in [-0.25, -0.2) is 0 Å². The van der Waals surface area contributed by atoms with Crippen LogP contribution >= 0.6 is 27.3 Å². The van der Waals surface area contributed by atoms with Crippen molar-refractivity contribution in [2.45, 2.75) is 18.9 Å². The van der Waals surface area contributed by atoms with Crippen molar-refractivity contribution in [3.05, 3.63) is 56.7 Å². The Morgan fingerprint density at radius 2 is 1.94 bits per heavy atom. The number of halogens is 1. The summed E-state index contributed by atoms with van der Waals surface area (Å²) in [5.41, 5.74) is 1.38. The molecule has 1 atom stereocenters. The van der Waals surface area contributed by atoms with Gasteiger partial charge in [0, 0.05) is 15.4 Å². The van der Waals surface area contributed by atoms with Crippen LogP contribution in [0.4, 0.5) is 0 Å². The van der Waals surface area contributed by atoms with Crippen molar-refractivity contribution in [2.24, 2.45) is 0 Å². The molecule has 0 aliphatic heterocycles. The van der Waals surface area contributed by atoms with Crippen LogP contribution in [-0.4, -0.2) is 13.1 Å². The molecule has 2 rings (SSSR count). The van der Waals surface area contributed by atoms with Crippen LogP contribution in [0.3, 0.4) is 0 Å². The lowest BCUT2D eigenvalue weighted by Crippen LogP contribution is -2.29. The molecule has 1 aromatic carbocycles. The van der Waals surface area contributed by atoms with Crippen molar-refractivity contribution in [3.8, 4) is 0 Å². The predicted octanol–water partition coefficient (Wildman–Crippen LogP) is 3.88. The number of likely N-dealkylation sites (N-methyl/N-ethyl adjacent to an activating group) is 1. The maximum Gasteiger partial charge on any atom is 0.0175 e. The van der Waals surface area contributed by atoms with Gasteiger partial charge >= 0.3 is 0 Å². The van der Waals surface area contributed by atoms with Crippen molar-refractivity contribution >= 4 is 27.3 Å². The van der Waals surface area contributed by atoms with Crippen LogP contribution in [0.15, 0.2) is 46.3 Å². The molecule has 0 aliphatic carbocycles.